The molecule has 1 amide bonds. The molecule has 0 aliphatic carbocycles. The second-order valence-electron chi connectivity index (χ2n) is 6.61. The Morgan fingerprint density at radius 3 is 2.56 bits per heavy atom. The number of amides is 1. The summed E-state index contributed by atoms with van der Waals surface area (Å²) in [7, 11) is 0. The Balaban J connectivity index is 1.99. The molecule has 0 spiro atoms. The van der Waals surface area contributed by atoms with E-state index < -0.39 is 0 Å². The molecule has 0 unspecified atom stereocenters. The highest BCUT2D eigenvalue weighted by atomic mass is 16.5. The second kappa shape index (κ2) is 7.78. The first-order chi connectivity index (χ1) is 8.47. The molecule has 3 heteroatoms. The fraction of sp³-hybridized carbons (Fsp3) is 0.933. The average molecular weight is 255 g/mol. The van der Waals surface area contributed by atoms with Gasteiger partial charge in [0.15, 0.2) is 0 Å². The first-order valence-electron chi connectivity index (χ1n) is 7.32. The summed E-state index contributed by atoms with van der Waals surface area (Å²) >= 11 is 0. The van der Waals surface area contributed by atoms with E-state index in [9.17, 15) is 4.79 Å². The number of carbonyl (C=O) groups is 1. The van der Waals surface area contributed by atoms with Crippen molar-refractivity contribution in [1.29, 1.82) is 0 Å². The monoisotopic (exact) mass is 255 g/mol. The molecule has 0 radical (unpaired) electrons. The smallest absolute Gasteiger partial charge is 0.219 e. The fourth-order valence-corrected chi connectivity index (χ4v) is 2.32. The summed E-state index contributed by atoms with van der Waals surface area (Å²) in [6.45, 7) is 9.27. The van der Waals surface area contributed by atoms with Crippen molar-refractivity contribution in [2.45, 2.75) is 59.3 Å². The van der Waals surface area contributed by atoms with Crippen LogP contribution >= 0.6 is 0 Å². The van der Waals surface area contributed by atoms with Gasteiger partial charge < -0.3 is 10.1 Å². The van der Waals surface area contributed by atoms with Crippen molar-refractivity contribution >= 4 is 5.91 Å². The first kappa shape index (κ1) is 15.5. The quantitative estimate of drug-likeness (QED) is 0.792. The van der Waals surface area contributed by atoms with Gasteiger partial charge >= 0.3 is 0 Å². The Morgan fingerprint density at radius 2 is 1.94 bits per heavy atom. The van der Waals surface area contributed by atoms with E-state index in [1.54, 1.807) is 0 Å². The zero-order chi connectivity index (χ0) is 13.4. The number of hydrogen-bond acceptors (Lipinski definition) is 2. The molecule has 1 N–H and O–H groups in total. The van der Waals surface area contributed by atoms with Crippen LogP contribution in [-0.4, -0.2) is 25.7 Å². The lowest BCUT2D eigenvalue weighted by Crippen LogP contribution is -2.27. The van der Waals surface area contributed by atoms with Gasteiger partial charge in [-0.2, -0.15) is 0 Å². The Kier molecular flexibility index (Phi) is 6.69. The minimum atomic E-state index is 0.214. The van der Waals surface area contributed by atoms with E-state index in [1.807, 2.05) is 0 Å². The maximum atomic E-state index is 11.6. The first-order valence-corrected chi connectivity index (χ1v) is 7.32. The third kappa shape index (κ3) is 7.70. The van der Waals surface area contributed by atoms with Crippen LogP contribution in [0.1, 0.15) is 59.3 Å². The van der Waals surface area contributed by atoms with Crippen molar-refractivity contribution in [3.05, 3.63) is 0 Å². The largest absolute Gasteiger partial charge is 0.381 e. The van der Waals surface area contributed by atoms with Gasteiger partial charge in [0.05, 0.1) is 0 Å². The second-order valence-corrected chi connectivity index (χ2v) is 6.61. The number of rotatable bonds is 6. The lowest BCUT2D eigenvalue weighted by Gasteiger charge is -2.22. The minimum absolute atomic E-state index is 0.214. The van der Waals surface area contributed by atoms with E-state index >= 15 is 0 Å². The van der Waals surface area contributed by atoms with Crippen LogP contribution in [0.15, 0.2) is 0 Å². The number of nitrogens with one attached hydrogen (secondary N) is 1. The van der Waals surface area contributed by atoms with Crippen LogP contribution in [0.3, 0.4) is 0 Å². The molecular weight excluding hydrogens is 226 g/mol. The van der Waals surface area contributed by atoms with E-state index in [0.29, 0.717) is 11.8 Å². The molecule has 0 atom stereocenters. The van der Waals surface area contributed by atoms with Crippen LogP contribution in [0, 0.1) is 11.3 Å². The molecule has 0 aromatic carbocycles. The van der Waals surface area contributed by atoms with Gasteiger partial charge in [0.2, 0.25) is 5.91 Å². The van der Waals surface area contributed by atoms with Crippen LogP contribution < -0.4 is 5.32 Å². The maximum Gasteiger partial charge on any atom is 0.219 e. The normalized spacial score (nSPS) is 17.7. The molecule has 0 saturated carbocycles. The zero-order valence-corrected chi connectivity index (χ0v) is 12.3. The minimum Gasteiger partial charge on any atom is -0.381 e. The fourth-order valence-electron chi connectivity index (χ4n) is 2.32. The van der Waals surface area contributed by atoms with Gasteiger partial charge in [0, 0.05) is 26.2 Å². The van der Waals surface area contributed by atoms with Gasteiger partial charge in [-0.3, -0.25) is 4.79 Å². The van der Waals surface area contributed by atoms with Gasteiger partial charge in [0.25, 0.3) is 0 Å². The van der Waals surface area contributed by atoms with E-state index in [2.05, 4.69) is 26.1 Å². The third-order valence-corrected chi connectivity index (χ3v) is 3.55. The molecule has 1 fully saturated rings. The van der Waals surface area contributed by atoms with Gasteiger partial charge in [-0.05, 0) is 43.4 Å². The summed E-state index contributed by atoms with van der Waals surface area (Å²) in [5.74, 6) is 0.958. The molecule has 0 bridgehead atoms. The van der Waals surface area contributed by atoms with Crippen molar-refractivity contribution in [1.82, 2.24) is 5.32 Å². The molecule has 1 rings (SSSR count). The van der Waals surface area contributed by atoms with E-state index in [4.69, 9.17) is 4.74 Å². The van der Waals surface area contributed by atoms with Crippen LogP contribution in [0.2, 0.25) is 0 Å². The lowest BCUT2D eigenvalue weighted by molar-refractivity contribution is -0.121. The molecule has 106 valence electrons. The number of ether oxygens (including phenoxy) is 1. The van der Waals surface area contributed by atoms with E-state index in [1.165, 1.54) is 0 Å². The average Bonchev–Trinajstić information content (AvgIpc) is 2.28. The summed E-state index contributed by atoms with van der Waals surface area (Å²) < 4.78 is 5.32. The SMILES string of the molecule is CC(C)(C)CCCC(=O)NCCC1CCOCC1. The Morgan fingerprint density at radius 1 is 1.28 bits per heavy atom. The summed E-state index contributed by atoms with van der Waals surface area (Å²) in [5.41, 5.74) is 0.336. The molecular formula is C15H29NO2. The van der Waals surface area contributed by atoms with Crippen LogP contribution in [-0.2, 0) is 9.53 Å². The molecule has 1 aliphatic heterocycles. The van der Waals surface area contributed by atoms with Crippen LogP contribution in [0.5, 0.6) is 0 Å². The van der Waals surface area contributed by atoms with Gasteiger partial charge in [0.1, 0.15) is 0 Å². The highest BCUT2D eigenvalue weighted by Crippen LogP contribution is 2.21. The predicted octanol–water partition coefficient (Wildman–Crippen LogP) is 3.14. The van der Waals surface area contributed by atoms with Crippen LogP contribution in [0.4, 0.5) is 0 Å². The van der Waals surface area contributed by atoms with Gasteiger partial charge in [-0.15, -0.1) is 0 Å². The molecule has 0 aromatic rings. The summed E-state index contributed by atoms with van der Waals surface area (Å²) in [6, 6.07) is 0. The Bertz CT molecular complexity index is 239. The van der Waals surface area contributed by atoms with E-state index in [-0.39, 0.29) is 5.91 Å². The Hall–Kier alpha value is -0.570. The molecule has 3 nitrogen and oxygen atoms in total. The molecule has 1 heterocycles. The summed E-state index contributed by atoms with van der Waals surface area (Å²) in [6.07, 6.45) is 6.19. The lowest BCUT2D eigenvalue weighted by atomic mass is 9.90. The van der Waals surface area contributed by atoms with Crippen LogP contribution in [0.25, 0.3) is 0 Å². The van der Waals surface area contributed by atoms with E-state index in [0.717, 1.165) is 57.8 Å². The van der Waals surface area contributed by atoms with Crippen molar-refractivity contribution in [2.24, 2.45) is 11.3 Å². The summed E-state index contributed by atoms with van der Waals surface area (Å²) in [5, 5.41) is 3.04. The molecule has 0 aromatic heterocycles. The zero-order valence-electron chi connectivity index (χ0n) is 12.3. The van der Waals surface area contributed by atoms with Crippen molar-refractivity contribution in [2.75, 3.05) is 19.8 Å². The highest BCUT2D eigenvalue weighted by Gasteiger charge is 2.14. The van der Waals surface area contributed by atoms with Gasteiger partial charge in [-0.25, -0.2) is 0 Å². The topological polar surface area (TPSA) is 38.3 Å². The standard InChI is InChI=1S/C15H29NO2/c1-15(2,3)9-4-5-14(17)16-10-6-13-7-11-18-12-8-13/h13H,4-12H2,1-3H3,(H,16,17). The molecule has 1 saturated heterocycles. The van der Waals surface area contributed by atoms with Gasteiger partial charge in [-0.1, -0.05) is 20.8 Å². The Labute approximate surface area is 112 Å². The predicted molar refractivity (Wildman–Crippen MR) is 74.5 cm³/mol. The molecule has 1 aliphatic rings. The van der Waals surface area contributed by atoms with Crippen molar-refractivity contribution in [3.63, 3.8) is 0 Å². The number of hydrogen-bond donors (Lipinski definition) is 1. The third-order valence-electron chi connectivity index (χ3n) is 3.55. The highest BCUT2D eigenvalue weighted by molar-refractivity contribution is 5.75. The van der Waals surface area contributed by atoms with Crippen molar-refractivity contribution < 1.29 is 9.53 Å². The summed E-state index contributed by atoms with van der Waals surface area (Å²) in [4.78, 5) is 11.6. The molecule has 18 heavy (non-hydrogen) atoms. The maximum absolute atomic E-state index is 11.6. The number of carbonyl (C=O) groups excluding carboxylic acids is 1. The van der Waals surface area contributed by atoms with Crippen molar-refractivity contribution in [3.8, 4) is 0 Å².